The van der Waals surface area contributed by atoms with Crippen LogP contribution in [-0.4, -0.2) is 21.3 Å². The van der Waals surface area contributed by atoms with Gasteiger partial charge in [-0.2, -0.15) is 18.3 Å². The number of hydrogen-bond donors (Lipinski definition) is 1. The molecule has 0 radical (unpaired) electrons. The van der Waals surface area contributed by atoms with Crippen LogP contribution in [0.3, 0.4) is 0 Å². The van der Waals surface area contributed by atoms with Gasteiger partial charge in [-0.15, -0.1) is 0 Å². The summed E-state index contributed by atoms with van der Waals surface area (Å²) in [6.07, 6.45) is -0.569. The number of hydrogen-bond acceptors (Lipinski definition) is 3. The predicted molar refractivity (Wildman–Crippen MR) is 119 cm³/mol. The number of ketones is 1. The normalized spacial score (nSPS) is 11.5. The number of fused-ring (bicyclic) bond motifs is 1. The number of carbonyl (C=O) groups is 2. The lowest BCUT2D eigenvalue weighted by Crippen LogP contribution is -2.13. The standard InChI is InChI=1S/C24H17ClF3N3O2/c25-20-10-9-17(13-19(20)24(26,27)28)30-23(33)16-7-4-15(5-8-16)6-11-22(32)18-14-29-31-12-2-1-3-21(18)31/h1-5,7-10,12-14H,6,11H2,(H,30,33). The van der Waals surface area contributed by atoms with Gasteiger partial charge in [-0.3, -0.25) is 9.59 Å². The van der Waals surface area contributed by atoms with Gasteiger partial charge < -0.3 is 5.32 Å². The van der Waals surface area contributed by atoms with Crippen LogP contribution in [0.15, 0.2) is 73.1 Å². The lowest BCUT2D eigenvalue weighted by molar-refractivity contribution is -0.137. The second-order valence-corrected chi connectivity index (χ2v) is 7.76. The highest BCUT2D eigenvalue weighted by Gasteiger charge is 2.33. The minimum atomic E-state index is -4.62. The minimum absolute atomic E-state index is 0.0141. The van der Waals surface area contributed by atoms with Crippen LogP contribution in [0.1, 0.15) is 38.3 Å². The van der Waals surface area contributed by atoms with Crippen molar-refractivity contribution in [1.82, 2.24) is 9.61 Å². The zero-order valence-electron chi connectivity index (χ0n) is 17.1. The number of pyridine rings is 1. The molecule has 9 heteroatoms. The lowest BCUT2D eigenvalue weighted by atomic mass is 10.0. The van der Waals surface area contributed by atoms with Gasteiger partial charge >= 0.3 is 6.18 Å². The molecular weight excluding hydrogens is 455 g/mol. The molecule has 0 unspecified atom stereocenters. The minimum Gasteiger partial charge on any atom is -0.322 e. The quantitative estimate of drug-likeness (QED) is 0.347. The molecule has 0 fully saturated rings. The largest absolute Gasteiger partial charge is 0.417 e. The molecule has 0 aliphatic heterocycles. The number of halogens is 4. The number of Topliss-reactive ketones (excluding diaryl/α,β-unsaturated/α-hetero) is 1. The predicted octanol–water partition coefficient (Wildman–Crippen LogP) is 6.07. The summed E-state index contributed by atoms with van der Waals surface area (Å²) in [7, 11) is 0. The first kappa shape index (κ1) is 22.5. The Hall–Kier alpha value is -3.65. The summed E-state index contributed by atoms with van der Waals surface area (Å²) in [6.45, 7) is 0. The number of anilines is 1. The summed E-state index contributed by atoms with van der Waals surface area (Å²) in [4.78, 5) is 25.0. The van der Waals surface area contributed by atoms with Crippen LogP contribution in [0, 0.1) is 0 Å². The molecule has 0 aliphatic carbocycles. The van der Waals surface area contributed by atoms with E-state index < -0.39 is 22.7 Å². The third-order valence-electron chi connectivity index (χ3n) is 5.11. The van der Waals surface area contributed by atoms with E-state index in [-0.39, 0.29) is 23.5 Å². The maximum absolute atomic E-state index is 13.0. The van der Waals surface area contributed by atoms with Crippen molar-refractivity contribution in [2.75, 3.05) is 5.32 Å². The fourth-order valence-electron chi connectivity index (χ4n) is 3.39. The molecule has 0 saturated heterocycles. The number of nitrogens with one attached hydrogen (secondary N) is 1. The first-order valence-corrected chi connectivity index (χ1v) is 10.3. The van der Waals surface area contributed by atoms with Crippen molar-refractivity contribution in [2.24, 2.45) is 0 Å². The maximum Gasteiger partial charge on any atom is 0.417 e. The molecule has 2 aromatic carbocycles. The Balaban J connectivity index is 1.39. The molecule has 0 saturated carbocycles. The number of aryl methyl sites for hydroxylation is 1. The van der Waals surface area contributed by atoms with Gasteiger partial charge in [-0.1, -0.05) is 29.8 Å². The van der Waals surface area contributed by atoms with Crippen molar-refractivity contribution < 1.29 is 22.8 Å². The Morgan fingerprint density at radius 3 is 2.52 bits per heavy atom. The summed E-state index contributed by atoms with van der Waals surface area (Å²) >= 11 is 5.60. The number of nitrogens with zero attached hydrogens (tertiary/aromatic N) is 2. The van der Waals surface area contributed by atoms with Gasteiger partial charge in [0.15, 0.2) is 5.78 Å². The highest BCUT2D eigenvalue weighted by molar-refractivity contribution is 6.31. The van der Waals surface area contributed by atoms with Gasteiger partial charge in [-0.25, -0.2) is 4.52 Å². The Morgan fingerprint density at radius 2 is 1.79 bits per heavy atom. The van der Waals surface area contributed by atoms with E-state index in [1.807, 2.05) is 18.2 Å². The Bertz CT molecular complexity index is 1330. The Kier molecular flexibility index (Phi) is 6.20. The first-order chi connectivity index (χ1) is 15.7. The zero-order chi connectivity index (χ0) is 23.6. The summed E-state index contributed by atoms with van der Waals surface area (Å²) in [6, 6.07) is 15.2. The van der Waals surface area contributed by atoms with Crippen LogP contribution in [0.5, 0.6) is 0 Å². The summed E-state index contributed by atoms with van der Waals surface area (Å²) in [5.74, 6) is -0.597. The first-order valence-electron chi connectivity index (χ1n) is 9.95. The van der Waals surface area contributed by atoms with E-state index in [0.29, 0.717) is 12.0 Å². The molecule has 0 spiro atoms. The van der Waals surface area contributed by atoms with Crippen molar-refractivity contribution >= 4 is 34.5 Å². The highest BCUT2D eigenvalue weighted by atomic mass is 35.5. The average molecular weight is 472 g/mol. The molecule has 1 N–H and O–H groups in total. The SMILES string of the molecule is O=C(Nc1ccc(Cl)c(C(F)(F)F)c1)c1ccc(CCC(=O)c2cnn3ccccc23)cc1. The van der Waals surface area contributed by atoms with Gasteiger partial charge in [0.05, 0.1) is 27.9 Å². The Labute approximate surface area is 191 Å². The van der Waals surface area contributed by atoms with Crippen LogP contribution >= 0.6 is 11.6 Å². The lowest BCUT2D eigenvalue weighted by Gasteiger charge is -2.12. The number of amides is 1. The summed E-state index contributed by atoms with van der Waals surface area (Å²) < 4.78 is 40.6. The van der Waals surface area contributed by atoms with E-state index in [1.54, 1.807) is 41.2 Å². The van der Waals surface area contributed by atoms with E-state index in [1.165, 1.54) is 6.07 Å². The second kappa shape index (κ2) is 9.07. The molecule has 0 atom stereocenters. The van der Waals surface area contributed by atoms with Crippen molar-refractivity contribution in [1.29, 1.82) is 0 Å². The van der Waals surface area contributed by atoms with Crippen LogP contribution in [0.4, 0.5) is 18.9 Å². The topological polar surface area (TPSA) is 63.5 Å². The van der Waals surface area contributed by atoms with E-state index in [2.05, 4.69) is 10.4 Å². The third-order valence-corrected chi connectivity index (χ3v) is 5.44. The van der Waals surface area contributed by atoms with Gasteiger partial charge in [-0.05, 0) is 54.4 Å². The van der Waals surface area contributed by atoms with Crippen molar-refractivity contribution in [3.05, 3.63) is 100 Å². The molecule has 168 valence electrons. The highest BCUT2D eigenvalue weighted by Crippen LogP contribution is 2.36. The van der Waals surface area contributed by atoms with E-state index >= 15 is 0 Å². The monoisotopic (exact) mass is 471 g/mol. The van der Waals surface area contributed by atoms with Crippen LogP contribution in [0.25, 0.3) is 5.52 Å². The number of rotatable bonds is 6. The van der Waals surface area contributed by atoms with Gasteiger partial charge in [0.2, 0.25) is 0 Å². The van der Waals surface area contributed by atoms with Crippen LogP contribution in [0.2, 0.25) is 5.02 Å². The number of carbonyl (C=O) groups excluding carboxylic acids is 2. The molecular formula is C24H17ClF3N3O2. The van der Waals surface area contributed by atoms with Crippen molar-refractivity contribution in [2.45, 2.75) is 19.0 Å². The van der Waals surface area contributed by atoms with E-state index in [9.17, 15) is 22.8 Å². The van der Waals surface area contributed by atoms with Crippen molar-refractivity contribution in [3.63, 3.8) is 0 Å². The molecule has 4 aromatic rings. The number of aromatic nitrogens is 2. The fourth-order valence-corrected chi connectivity index (χ4v) is 3.61. The van der Waals surface area contributed by atoms with Gasteiger partial charge in [0.1, 0.15) is 0 Å². The molecule has 1 amide bonds. The molecule has 2 aromatic heterocycles. The molecule has 5 nitrogen and oxygen atoms in total. The van der Waals surface area contributed by atoms with Crippen molar-refractivity contribution in [3.8, 4) is 0 Å². The molecule has 4 rings (SSSR count). The second-order valence-electron chi connectivity index (χ2n) is 7.36. The van der Waals surface area contributed by atoms with Gasteiger partial charge in [0, 0.05) is 23.9 Å². The number of benzene rings is 2. The average Bonchev–Trinajstić information content (AvgIpc) is 3.22. The zero-order valence-corrected chi connectivity index (χ0v) is 17.8. The molecule has 0 aliphatic rings. The smallest absolute Gasteiger partial charge is 0.322 e. The van der Waals surface area contributed by atoms with Gasteiger partial charge in [0.25, 0.3) is 5.91 Å². The molecule has 33 heavy (non-hydrogen) atoms. The van der Waals surface area contributed by atoms with E-state index in [0.717, 1.165) is 23.2 Å². The molecule has 0 bridgehead atoms. The van der Waals surface area contributed by atoms with Crippen LogP contribution in [-0.2, 0) is 12.6 Å². The molecule has 2 heterocycles. The summed E-state index contributed by atoms with van der Waals surface area (Å²) in [5.41, 5.74) is 1.38. The number of alkyl halides is 3. The van der Waals surface area contributed by atoms with E-state index in [4.69, 9.17) is 11.6 Å². The van der Waals surface area contributed by atoms with Crippen LogP contribution < -0.4 is 5.32 Å². The maximum atomic E-state index is 13.0. The summed E-state index contributed by atoms with van der Waals surface area (Å²) in [5, 5.41) is 6.17. The third kappa shape index (κ3) is 5.06. The Morgan fingerprint density at radius 1 is 1.03 bits per heavy atom. The fraction of sp³-hybridized carbons (Fsp3) is 0.125.